The van der Waals surface area contributed by atoms with Crippen LogP contribution in [-0.4, -0.2) is 15.0 Å². The molecule has 248 valence electrons. The van der Waals surface area contributed by atoms with Crippen LogP contribution in [0.4, 0.5) is 0 Å². The van der Waals surface area contributed by atoms with Crippen molar-refractivity contribution in [1.82, 2.24) is 15.0 Å². The molecule has 0 saturated heterocycles. The van der Waals surface area contributed by atoms with Crippen LogP contribution in [0.25, 0.3) is 98.5 Å². The van der Waals surface area contributed by atoms with Gasteiger partial charge >= 0.3 is 0 Å². The molecule has 8 aromatic carbocycles. The topological polar surface area (TPSA) is 38.7 Å². The van der Waals surface area contributed by atoms with Crippen LogP contribution in [0.2, 0.25) is 0 Å². The van der Waals surface area contributed by atoms with Gasteiger partial charge in [0, 0.05) is 36.9 Å². The largest absolute Gasteiger partial charge is 0.208 e. The SMILES string of the molecule is c1ccc(-c2cccc(-c3ccc(-c4ccccc4-c4nc(-c5ccccc5)nc(-c5cccc6c5sc5ccccc56)n4)c4ccccc34)c2)cc1. The third-order valence-electron chi connectivity index (χ3n) is 9.98. The fraction of sp³-hybridized carbons (Fsp3) is 0. The zero-order valence-electron chi connectivity index (χ0n) is 28.6. The van der Waals surface area contributed by atoms with E-state index in [1.807, 2.05) is 18.2 Å². The highest BCUT2D eigenvalue weighted by molar-refractivity contribution is 7.26. The van der Waals surface area contributed by atoms with Crippen molar-refractivity contribution in [2.45, 2.75) is 0 Å². The number of rotatable bonds is 6. The van der Waals surface area contributed by atoms with Crippen LogP contribution in [-0.2, 0) is 0 Å². The van der Waals surface area contributed by atoms with E-state index >= 15 is 0 Å². The highest BCUT2D eigenvalue weighted by Gasteiger charge is 2.19. The standard InChI is InChI=1S/C49H31N3S/c1-3-15-32(16-4-1)34-19-13-20-35(31-34)36-29-30-40(38-22-8-7-21-37(36)38)39-23-9-10-25-43(39)48-50-47(33-17-5-2-6-18-33)51-49(52-48)44-27-14-26-42-41-24-11-12-28-45(41)53-46(42)44/h1-31H. The molecule has 0 fully saturated rings. The predicted molar refractivity (Wildman–Crippen MR) is 223 cm³/mol. The second kappa shape index (κ2) is 13.1. The number of benzene rings is 8. The summed E-state index contributed by atoms with van der Waals surface area (Å²) in [5.74, 6) is 1.96. The van der Waals surface area contributed by atoms with Crippen molar-refractivity contribution in [3.8, 4) is 67.5 Å². The molecule has 0 bridgehead atoms. The number of hydrogen-bond acceptors (Lipinski definition) is 4. The number of nitrogens with zero attached hydrogens (tertiary/aromatic N) is 3. The Bertz CT molecular complexity index is 2950. The normalized spacial score (nSPS) is 11.4. The molecule has 3 nitrogen and oxygen atoms in total. The molecule has 0 radical (unpaired) electrons. The van der Waals surface area contributed by atoms with Crippen LogP contribution < -0.4 is 0 Å². The molecule has 0 amide bonds. The molecular formula is C49H31N3S. The Kier molecular flexibility index (Phi) is 7.67. The summed E-state index contributed by atoms with van der Waals surface area (Å²) in [5.41, 5.74) is 9.92. The molecule has 2 heterocycles. The molecule has 2 aromatic heterocycles. The quantitative estimate of drug-likeness (QED) is 0.174. The van der Waals surface area contributed by atoms with Gasteiger partial charge in [-0.3, -0.25) is 0 Å². The van der Waals surface area contributed by atoms with E-state index in [4.69, 9.17) is 15.0 Å². The molecule has 0 spiro atoms. The minimum absolute atomic E-state index is 0.645. The maximum absolute atomic E-state index is 5.27. The first-order chi connectivity index (χ1) is 26.3. The molecule has 10 rings (SSSR count). The lowest BCUT2D eigenvalue weighted by molar-refractivity contribution is 1.08. The van der Waals surface area contributed by atoms with E-state index < -0.39 is 0 Å². The summed E-state index contributed by atoms with van der Waals surface area (Å²) in [6, 6.07) is 66.3. The minimum Gasteiger partial charge on any atom is -0.208 e. The minimum atomic E-state index is 0.645. The van der Waals surface area contributed by atoms with Gasteiger partial charge in [-0.25, -0.2) is 15.0 Å². The van der Waals surface area contributed by atoms with E-state index in [-0.39, 0.29) is 0 Å². The van der Waals surface area contributed by atoms with E-state index in [1.54, 1.807) is 11.3 Å². The first-order valence-electron chi connectivity index (χ1n) is 17.8. The maximum Gasteiger partial charge on any atom is 0.165 e. The maximum atomic E-state index is 5.27. The second-order valence-corrected chi connectivity index (χ2v) is 14.2. The molecular weight excluding hydrogens is 663 g/mol. The van der Waals surface area contributed by atoms with Crippen molar-refractivity contribution >= 4 is 42.3 Å². The predicted octanol–water partition coefficient (Wildman–Crippen LogP) is 13.4. The van der Waals surface area contributed by atoms with Crippen LogP contribution in [0.1, 0.15) is 0 Å². The lowest BCUT2D eigenvalue weighted by atomic mass is 9.89. The van der Waals surface area contributed by atoms with Gasteiger partial charge in [-0.1, -0.05) is 170 Å². The Hall–Kier alpha value is -6.75. The summed E-state index contributed by atoms with van der Waals surface area (Å²) < 4.78 is 2.43. The zero-order chi connectivity index (χ0) is 35.1. The van der Waals surface area contributed by atoms with Gasteiger partial charge in [0.15, 0.2) is 17.5 Å². The fourth-order valence-corrected chi connectivity index (χ4v) is 8.66. The smallest absolute Gasteiger partial charge is 0.165 e. The van der Waals surface area contributed by atoms with Gasteiger partial charge in [-0.2, -0.15) is 0 Å². The Balaban J connectivity index is 1.16. The average molecular weight is 694 g/mol. The van der Waals surface area contributed by atoms with Crippen molar-refractivity contribution in [2.75, 3.05) is 0 Å². The van der Waals surface area contributed by atoms with Crippen LogP contribution in [0, 0.1) is 0 Å². The van der Waals surface area contributed by atoms with Gasteiger partial charge in [0.05, 0.1) is 0 Å². The molecule has 53 heavy (non-hydrogen) atoms. The average Bonchev–Trinajstić information content (AvgIpc) is 3.63. The molecule has 10 aromatic rings. The van der Waals surface area contributed by atoms with Gasteiger partial charge in [0.25, 0.3) is 0 Å². The zero-order valence-corrected chi connectivity index (χ0v) is 29.5. The van der Waals surface area contributed by atoms with E-state index in [0.29, 0.717) is 17.5 Å². The summed E-state index contributed by atoms with van der Waals surface area (Å²) in [6.07, 6.45) is 0. The van der Waals surface area contributed by atoms with Crippen LogP contribution in [0.5, 0.6) is 0 Å². The molecule has 0 aliphatic heterocycles. The number of fused-ring (bicyclic) bond motifs is 4. The first-order valence-corrected chi connectivity index (χ1v) is 18.6. The van der Waals surface area contributed by atoms with Crippen molar-refractivity contribution in [3.63, 3.8) is 0 Å². The highest BCUT2D eigenvalue weighted by Crippen LogP contribution is 2.42. The van der Waals surface area contributed by atoms with Gasteiger partial charge in [-0.05, 0) is 62.4 Å². The fourth-order valence-electron chi connectivity index (χ4n) is 7.45. The van der Waals surface area contributed by atoms with E-state index in [9.17, 15) is 0 Å². The van der Waals surface area contributed by atoms with E-state index in [2.05, 4.69) is 170 Å². The van der Waals surface area contributed by atoms with Crippen molar-refractivity contribution < 1.29 is 0 Å². The first kappa shape index (κ1) is 31.0. The lowest BCUT2D eigenvalue weighted by Crippen LogP contribution is -2.01. The third kappa shape index (κ3) is 5.57. The van der Waals surface area contributed by atoms with Crippen LogP contribution in [0.15, 0.2) is 188 Å². The molecule has 0 N–H and O–H groups in total. The highest BCUT2D eigenvalue weighted by atomic mass is 32.1. The Morgan fingerprint density at radius 3 is 1.58 bits per heavy atom. The van der Waals surface area contributed by atoms with Crippen LogP contribution >= 0.6 is 11.3 Å². The van der Waals surface area contributed by atoms with Gasteiger partial charge in [0.2, 0.25) is 0 Å². The number of aromatic nitrogens is 3. The third-order valence-corrected chi connectivity index (χ3v) is 11.2. The van der Waals surface area contributed by atoms with E-state index in [0.717, 1.165) is 27.8 Å². The summed E-state index contributed by atoms with van der Waals surface area (Å²) >= 11 is 1.79. The van der Waals surface area contributed by atoms with Gasteiger partial charge < -0.3 is 0 Å². The van der Waals surface area contributed by atoms with Gasteiger partial charge in [-0.15, -0.1) is 11.3 Å². The lowest BCUT2D eigenvalue weighted by Gasteiger charge is -2.16. The summed E-state index contributed by atoms with van der Waals surface area (Å²) in [4.78, 5) is 15.6. The molecule has 0 aliphatic rings. The monoisotopic (exact) mass is 693 g/mol. The van der Waals surface area contributed by atoms with Crippen molar-refractivity contribution in [2.24, 2.45) is 0 Å². The molecule has 0 saturated carbocycles. The van der Waals surface area contributed by atoms with Crippen molar-refractivity contribution in [1.29, 1.82) is 0 Å². The second-order valence-electron chi connectivity index (χ2n) is 13.2. The Morgan fingerprint density at radius 2 is 0.792 bits per heavy atom. The molecule has 0 unspecified atom stereocenters. The van der Waals surface area contributed by atoms with Gasteiger partial charge in [0.1, 0.15) is 0 Å². The Labute approximate surface area is 311 Å². The van der Waals surface area contributed by atoms with E-state index in [1.165, 1.54) is 53.2 Å². The molecule has 4 heteroatoms. The summed E-state index contributed by atoms with van der Waals surface area (Å²) in [6.45, 7) is 0. The Morgan fingerprint density at radius 1 is 0.283 bits per heavy atom. The van der Waals surface area contributed by atoms with Crippen LogP contribution in [0.3, 0.4) is 0 Å². The number of thiophene rings is 1. The van der Waals surface area contributed by atoms with Crippen molar-refractivity contribution in [3.05, 3.63) is 188 Å². The molecule has 0 aliphatic carbocycles. The molecule has 0 atom stereocenters. The summed E-state index contributed by atoms with van der Waals surface area (Å²) in [7, 11) is 0. The number of hydrogen-bond donors (Lipinski definition) is 0. The summed E-state index contributed by atoms with van der Waals surface area (Å²) in [5, 5.41) is 4.84.